The van der Waals surface area contributed by atoms with Crippen LogP contribution in [0.2, 0.25) is 5.02 Å². The number of hydrogen-bond donors (Lipinski definition) is 2. The average Bonchev–Trinajstić information content (AvgIpc) is 2.18. The van der Waals surface area contributed by atoms with Crippen LogP contribution >= 0.6 is 19.6 Å². The third kappa shape index (κ3) is 4.72. The Kier molecular flexibility index (Phi) is 5.20. The molecule has 0 aliphatic rings. The summed E-state index contributed by atoms with van der Waals surface area (Å²) in [5.74, 6) is 0. The molecule has 0 fully saturated rings. The van der Waals surface area contributed by atoms with Crippen LogP contribution in [0.1, 0.15) is 24.4 Å². The Hall–Kier alpha value is -0.470. The molecule has 3 N–H and O–H groups in total. The first kappa shape index (κ1) is 12.6. The Balaban J connectivity index is 2.43. The van der Waals surface area contributed by atoms with Gasteiger partial charge in [-0.25, -0.2) is 0 Å². The van der Waals surface area contributed by atoms with Gasteiger partial charge < -0.3 is 5.73 Å². The summed E-state index contributed by atoms with van der Waals surface area (Å²) in [5, 5.41) is 0.685. The Morgan fingerprint density at radius 1 is 1.40 bits per heavy atom. The van der Waals surface area contributed by atoms with Crippen LogP contribution in [0, 0.1) is 0 Å². The minimum absolute atomic E-state index is 0.0859. The Bertz CT molecular complexity index is 329. The fraction of sp³-hybridized carbons (Fsp3) is 0.400. The van der Waals surface area contributed by atoms with Gasteiger partial charge in [0.05, 0.1) is 0 Å². The van der Waals surface area contributed by atoms with Gasteiger partial charge in [0, 0.05) is 11.1 Å². The molecule has 1 aromatic carbocycles. The molecule has 82 valence electrons. The summed E-state index contributed by atoms with van der Waals surface area (Å²) in [5.41, 5.74) is 6.92. The molecule has 0 heterocycles. The highest BCUT2D eigenvalue weighted by Gasteiger charge is 2.12. The van der Waals surface area contributed by atoms with Crippen molar-refractivity contribution >= 4 is 19.6 Å². The lowest BCUT2D eigenvalue weighted by Gasteiger charge is -2.09. The molecule has 2 atom stereocenters. The molecule has 0 aliphatic carbocycles. The standard InChI is InChI=1S/C10H13ClNO2P/c11-9-5-3-8(4-6-9)10(12)2-1-7-15(13)14/h3-6,10H,1-2,7,12H2/p+1. The van der Waals surface area contributed by atoms with E-state index in [-0.39, 0.29) is 6.04 Å². The highest BCUT2D eigenvalue weighted by molar-refractivity contribution is 7.37. The lowest BCUT2D eigenvalue weighted by molar-refractivity contribution is 0.498. The highest BCUT2D eigenvalue weighted by atomic mass is 35.5. The quantitative estimate of drug-likeness (QED) is 0.786. The van der Waals surface area contributed by atoms with Gasteiger partial charge in [-0.15, -0.1) is 0 Å². The summed E-state index contributed by atoms with van der Waals surface area (Å²) < 4.78 is 10.5. The van der Waals surface area contributed by atoms with Gasteiger partial charge in [0.2, 0.25) is 0 Å². The zero-order valence-corrected chi connectivity index (χ0v) is 9.92. The Labute approximate surface area is 95.1 Å². The zero-order chi connectivity index (χ0) is 11.3. The highest BCUT2D eigenvalue weighted by Crippen LogP contribution is 2.21. The SMILES string of the molecule is NC(CCC[P+](=O)O)c1ccc(Cl)cc1. The van der Waals surface area contributed by atoms with Crippen molar-refractivity contribution in [1.82, 2.24) is 0 Å². The van der Waals surface area contributed by atoms with E-state index in [2.05, 4.69) is 0 Å². The van der Waals surface area contributed by atoms with E-state index < -0.39 is 8.03 Å². The number of halogens is 1. The topological polar surface area (TPSA) is 63.3 Å². The van der Waals surface area contributed by atoms with Gasteiger partial charge in [0.15, 0.2) is 6.16 Å². The van der Waals surface area contributed by atoms with Crippen molar-refractivity contribution in [3.8, 4) is 0 Å². The second kappa shape index (κ2) is 6.19. The van der Waals surface area contributed by atoms with E-state index in [0.29, 0.717) is 24.0 Å². The summed E-state index contributed by atoms with van der Waals surface area (Å²) >= 11 is 5.75. The summed E-state index contributed by atoms with van der Waals surface area (Å²) in [4.78, 5) is 8.62. The first-order valence-electron chi connectivity index (χ1n) is 4.74. The van der Waals surface area contributed by atoms with Gasteiger partial charge in [-0.2, -0.15) is 4.89 Å². The van der Waals surface area contributed by atoms with Crippen LogP contribution in [-0.4, -0.2) is 11.1 Å². The van der Waals surface area contributed by atoms with Crippen molar-refractivity contribution in [2.45, 2.75) is 18.9 Å². The summed E-state index contributed by atoms with van der Waals surface area (Å²) in [7, 11) is -2.03. The molecule has 0 amide bonds. The van der Waals surface area contributed by atoms with Crippen LogP contribution in [-0.2, 0) is 4.57 Å². The first-order valence-corrected chi connectivity index (χ1v) is 6.51. The fourth-order valence-corrected chi connectivity index (χ4v) is 1.90. The van der Waals surface area contributed by atoms with E-state index in [4.69, 9.17) is 22.2 Å². The van der Waals surface area contributed by atoms with E-state index in [0.717, 1.165) is 5.56 Å². The van der Waals surface area contributed by atoms with Gasteiger partial charge in [-0.1, -0.05) is 23.7 Å². The molecule has 0 radical (unpaired) electrons. The molecule has 3 nitrogen and oxygen atoms in total. The maximum absolute atomic E-state index is 10.5. The van der Waals surface area contributed by atoms with E-state index in [1.165, 1.54) is 0 Å². The Morgan fingerprint density at radius 3 is 2.53 bits per heavy atom. The summed E-state index contributed by atoms with van der Waals surface area (Å²) in [6.07, 6.45) is 1.69. The summed E-state index contributed by atoms with van der Waals surface area (Å²) in [6.45, 7) is 0. The van der Waals surface area contributed by atoms with Crippen molar-refractivity contribution in [3.05, 3.63) is 34.9 Å². The molecule has 1 rings (SSSR count). The van der Waals surface area contributed by atoms with E-state index in [1.54, 1.807) is 12.1 Å². The largest absolute Gasteiger partial charge is 0.505 e. The van der Waals surface area contributed by atoms with Gasteiger partial charge >= 0.3 is 8.03 Å². The van der Waals surface area contributed by atoms with Crippen LogP contribution in [0.5, 0.6) is 0 Å². The van der Waals surface area contributed by atoms with Crippen LogP contribution in [0.4, 0.5) is 0 Å². The maximum atomic E-state index is 10.5. The molecule has 2 unspecified atom stereocenters. The monoisotopic (exact) mass is 246 g/mol. The van der Waals surface area contributed by atoms with Gasteiger partial charge in [-0.3, -0.25) is 0 Å². The first-order chi connectivity index (χ1) is 7.09. The Morgan fingerprint density at radius 2 is 2.00 bits per heavy atom. The minimum atomic E-state index is -2.03. The number of nitrogens with two attached hydrogens (primary N) is 1. The van der Waals surface area contributed by atoms with Crippen molar-refractivity contribution in [2.24, 2.45) is 5.73 Å². The number of hydrogen-bond acceptors (Lipinski definition) is 2. The normalized spacial score (nSPS) is 13.7. The molecule has 0 saturated heterocycles. The maximum Gasteiger partial charge on any atom is 0.505 e. The second-order valence-electron chi connectivity index (χ2n) is 3.38. The predicted octanol–water partition coefficient (Wildman–Crippen LogP) is 2.85. The third-order valence-corrected chi connectivity index (χ3v) is 3.11. The average molecular weight is 247 g/mol. The fourth-order valence-electron chi connectivity index (χ4n) is 1.32. The van der Waals surface area contributed by atoms with Crippen LogP contribution in [0.25, 0.3) is 0 Å². The van der Waals surface area contributed by atoms with Crippen LogP contribution in [0.15, 0.2) is 24.3 Å². The van der Waals surface area contributed by atoms with E-state index >= 15 is 0 Å². The lowest BCUT2D eigenvalue weighted by atomic mass is 10.0. The van der Waals surface area contributed by atoms with E-state index in [9.17, 15) is 4.57 Å². The van der Waals surface area contributed by atoms with Crippen molar-refractivity contribution in [1.29, 1.82) is 0 Å². The molecule has 0 aliphatic heterocycles. The molecule has 0 spiro atoms. The predicted molar refractivity (Wildman–Crippen MR) is 62.3 cm³/mol. The second-order valence-corrected chi connectivity index (χ2v) is 4.96. The van der Waals surface area contributed by atoms with Gasteiger partial charge in [-0.05, 0) is 35.1 Å². The number of benzene rings is 1. The lowest BCUT2D eigenvalue weighted by Crippen LogP contribution is -2.10. The van der Waals surface area contributed by atoms with Crippen molar-refractivity contribution < 1.29 is 9.46 Å². The van der Waals surface area contributed by atoms with E-state index in [1.807, 2.05) is 12.1 Å². The van der Waals surface area contributed by atoms with Crippen molar-refractivity contribution in [2.75, 3.05) is 6.16 Å². The molecule has 5 heteroatoms. The summed E-state index contributed by atoms with van der Waals surface area (Å²) in [6, 6.07) is 7.27. The smallest absolute Gasteiger partial charge is 0.324 e. The zero-order valence-electron chi connectivity index (χ0n) is 8.27. The van der Waals surface area contributed by atoms with Crippen LogP contribution in [0.3, 0.4) is 0 Å². The van der Waals surface area contributed by atoms with Crippen LogP contribution < -0.4 is 5.73 Å². The third-order valence-electron chi connectivity index (χ3n) is 2.16. The molecular weight excluding hydrogens is 233 g/mol. The van der Waals surface area contributed by atoms with Gasteiger partial charge in [0.1, 0.15) is 0 Å². The molecule has 0 saturated carbocycles. The van der Waals surface area contributed by atoms with Gasteiger partial charge in [0.25, 0.3) is 0 Å². The minimum Gasteiger partial charge on any atom is -0.324 e. The molecule has 0 bridgehead atoms. The molecular formula is C10H14ClNO2P+. The molecule has 0 aromatic heterocycles. The molecule has 15 heavy (non-hydrogen) atoms. The molecule has 1 aromatic rings. The van der Waals surface area contributed by atoms with Crippen molar-refractivity contribution in [3.63, 3.8) is 0 Å². The number of rotatable bonds is 5.